The summed E-state index contributed by atoms with van der Waals surface area (Å²) in [5.41, 5.74) is 1.21. The predicted molar refractivity (Wildman–Crippen MR) is 88.7 cm³/mol. The molecule has 0 radical (unpaired) electrons. The molecule has 3 rings (SSSR count). The maximum atomic E-state index is 11.8. The number of methoxy groups -OCH3 is 1. The maximum absolute atomic E-state index is 11.8. The number of rotatable bonds is 4. The van der Waals surface area contributed by atoms with Crippen LogP contribution in [0.4, 0.5) is 0 Å². The minimum absolute atomic E-state index is 0.241. The van der Waals surface area contributed by atoms with E-state index in [9.17, 15) is 9.90 Å². The fourth-order valence-electron chi connectivity index (χ4n) is 3.30. The Kier molecular flexibility index (Phi) is 4.68. The Balaban J connectivity index is 1.82. The van der Waals surface area contributed by atoms with E-state index in [1.165, 1.54) is 0 Å². The molecule has 0 amide bonds. The van der Waals surface area contributed by atoms with Gasteiger partial charge in [-0.05, 0) is 56.5 Å². The zero-order chi connectivity index (χ0) is 16.4. The van der Waals surface area contributed by atoms with E-state index in [-0.39, 0.29) is 11.7 Å². The van der Waals surface area contributed by atoms with Gasteiger partial charge in [0.15, 0.2) is 0 Å². The molecule has 1 unspecified atom stereocenters. The second-order valence-corrected chi connectivity index (χ2v) is 6.31. The van der Waals surface area contributed by atoms with Crippen LogP contribution in [0.25, 0.3) is 11.0 Å². The Hall–Kier alpha value is -1.85. The summed E-state index contributed by atoms with van der Waals surface area (Å²) in [6, 6.07) is 7.15. The van der Waals surface area contributed by atoms with Crippen molar-refractivity contribution in [1.82, 2.24) is 4.90 Å². The monoisotopic (exact) mass is 317 g/mol. The molecule has 5 heteroatoms. The van der Waals surface area contributed by atoms with Gasteiger partial charge in [-0.15, -0.1) is 0 Å². The van der Waals surface area contributed by atoms with E-state index in [2.05, 4.69) is 4.90 Å². The standard InChI is InChI=1S/C18H23NO4/c1-12(20)13-5-7-19(8-6-13)11-14-9-18(21)23-17-10-15(22-2)3-4-16(14)17/h3-4,9-10,12-13,20H,5-8,11H2,1-2H3. The van der Waals surface area contributed by atoms with Gasteiger partial charge < -0.3 is 14.3 Å². The molecule has 2 heterocycles. The second-order valence-electron chi connectivity index (χ2n) is 6.31. The van der Waals surface area contributed by atoms with Crippen LogP contribution in [-0.2, 0) is 6.54 Å². The molecule has 0 bridgehead atoms. The quantitative estimate of drug-likeness (QED) is 0.877. The van der Waals surface area contributed by atoms with Crippen molar-refractivity contribution in [3.63, 3.8) is 0 Å². The van der Waals surface area contributed by atoms with E-state index in [0.717, 1.165) is 43.4 Å². The number of hydrogen-bond acceptors (Lipinski definition) is 5. The van der Waals surface area contributed by atoms with Crippen molar-refractivity contribution in [3.05, 3.63) is 40.2 Å². The zero-order valence-electron chi connectivity index (χ0n) is 13.6. The Morgan fingerprint density at radius 1 is 1.35 bits per heavy atom. The summed E-state index contributed by atoms with van der Waals surface area (Å²) in [6.45, 7) is 4.46. The Bertz CT molecular complexity index is 729. The SMILES string of the molecule is COc1ccc2c(CN3CCC(C(C)O)CC3)cc(=O)oc2c1. The average Bonchev–Trinajstić information content (AvgIpc) is 2.54. The molecule has 1 atom stereocenters. The van der Waals surface area contributed by atoms with Crippen LogP contribution in [0, 0.1) is 5.92 Å². The molecule has 0 aliphatic carbocycles. The molecule has 1 fully saturated rings. The minimum Gasteiger partial charge on any atom is -0.497 e. The van der Waals surface area contributed by atoms with E-state index in [0.29, 0.717) is 17.3 Å². The second kappa shape index (κ2) is 6.72. The largest absolute Gasteiger partial charge is 0.497 e. The molecule has 2 aromatic rings. The summed E-state index contributed by atoms with van der Waals surface area (Å²) in [5, 5.41) is 10.6. The lowest BCUT2D eigenvalue weighted by Gasteiger charge is -2.33. The number of aliphatic hydroxyl groups is 1. The fraction of sp³-hybridized carbons (Fsp3) is 0.500. The van der Waals surface area contributed by atoms with Crippen LogP contribution >= 0.6 is 0 Å². The summed E-state index contributed by atoms with van der Waals surface area (Å²) in [4.78, 5) is 14.2. The average molecular weight is 317 g/mol. The first-order valence-corrected chi connectivity index (χ1v) is 8.08. The van der Waals surface area contributed by atoms with Crippen LogP contribution in [0.3, 0.4) is 0 Å². The van der Waals surface area contributed by atoms with Gasteiger partial charge in [0.1, 0.15) is 11.3 Å². The fourth-order valence-corrected chi connectivity index (χ4v) is 3.30. The molecule has 1 aromatic carbocycles. The first kappa shape index (κ1) is 16.0. The third-order valence-electron chi connectivity index (χ3n) is 4.75. The van der Waals surface area contributed by atoms with Crippen LogP contribution in [0.2, 0.25) is 0 Å². The lowest BCUT2D eigenvalue weighted by molar-refractivity contribution is 0.0696. The summed E-state index contributed by atoms with van der Waals surface area (Å²) < 4.78 is 10.5. The molecule has 124 valence electrons. The first-order valence-electron chi connectivity index (χ1n) is 8.08. The highest BCUT2D eigenvalue weighted by Crippen LogP contribution is 2.26. The Morgan fingerprint density at radius 3 is 2.74 bits per heavy atom. The number of aliphatic hydroxyl groups excluding tert-OH is 1. The van der Waals surface area contributed by atoms with Gasteiger partial charge in [-0.2, -0.15) is 0 Å². The molecule has 1 saturated heterocycles. The molecule has 23 heavy (non-hydrogen) atoms. The number of likely N-dealkylation sites (tertiary alicyclic amines) is 1. The van der Waals surface area contributed by atoms with E-state index < -0.39 is 0 Å². The minimum atomic E-state index is -0.334. The van der Waals surface area contributed by atoms with Gasteiger partial charge >= 0.3 is 5.63 Å². The topological polar surface area (TPSA) is 62.9 Å². The van der Waals surface area contributed by atoms with Gasteiger partial charge in [-0.25, -0.2) is 4.79 Å². The van der Waals surface area contributed by atoms with Crippen molar-refractivity contribution < 1.29 is 14.3 Å². The van der Waals surface area contributed by atoms with E-state index in [4.69, 9.17) is 9.15 Å². The lowest BCUT2D eigenvalue weighted by Crippen LogP contribution is -2.36. The van der Waals surface area contributed by atoms with E-state index >= 15 is 0 Å². The predicted octanol–water partition coefficient (Wildman–Crippen LogP) is 2.39. The van der Waals surface area contributed by atoms with Crippen LogP contribution in [-0.4, -0.2) is 36.3 Å². The normalized spacial score (nSPS) is 18.2. The highest BCUT2D eigenvalue weighted by Gasteiger charge is 2.23. The van der Waals surface area contributed by atoms with Crippen molar-refractivity contribution in [2.24, 2.45) is 5.92 Å². The Morgan fingerprint density at radius 2 is 2.09 bits per heavy atom. The smallest absolute Gasteiger partial charge is 0.336 e. The van der Waals surface area contributed by atoms with Crippen molar-refractivity contribution in [2.45, 2.75) is 32.4 Å². The molecule has 1 aliphatic rings. The molecule has 0 saturated carbocycles. The van der Waals surface area contributed by atoms with Crippen LogP contribution in [0.15, 0.2) is 33.5 Å². The van der Waals surface area contributed by atoms with Crippen LogP contribution in [0.5, 0.6) is 5.75 Å². The van der Waals surface area contributed by atoms with Crippen LogP contribution < -0.4 is 10.4 Å². The van der Waals surface area contributed by atoms with E-state index in [1.54, 1.807) is 19.2 Å². The molecular weight excluding hydrogens is 294 g/mol. The van der Waals surface area contributed by atoms with E-state index in [1.807, 2.05) is 19.1 Å². The molecule has 5 nitrogen and oxygen atoms in total. The van der Waals surface area contributed by atoms with Gasteiger partial charge in [0, 0.05) is 24.1 Å². The van der Waals surface area contributed by atoms with Gasteiger partial charge in [0.25, 0.3) is 0 Å². The first-order chi connectivity index (χ1) is 11.1. The zero-order valence-corrected chi connectivity index (χ0v) is 13.6. The number of piperidine rings is 1. The van der Waals surface area contributed by atoms with Gasteiger partial charge in [-0.1, -0.05) is 0 Å². The van der Waals surface area contributed by atoms with Crippen molar-refractivity contribution in [1.29, 1.82) is 0 Å². The number of nitrogens with zero attached hydrogens (tertiary/aromatic N) is 1. The number of fused-ring (bicyclic) bond motifs is 1. The highest BCUT2D eigenvalue weighted by atomic mass is 16.5. The molecule has 1 N–H and O–H groups in total. The van der Waals surface area contributed by atoms with Gasteiger partial charge in [0.05, 0.1) is 13.2 Å². The summed E-state index contributed by atoms with van der Waals surface area (Å²) >= 11 is 0. The molecule has 1 aliphatic heterocycles. The number of hydrogen-bond donors (Lipinski definition) is 1. The summed E-state index contributed by atoms with van der Waals surface area (Å²) in [6.07, 6.45) is 1.74. The summed E-state index contributed by atoms with van der Waals surface area (Å²) in [5.74, 6) is 1.06. The number of ether oxygens (including phenoxy) is 1. The third kappa shape index (κ3) is 3.57. The van der Waals surface area contributed by atoms with Crippen molar-refractivity contribution in [3.8, 4) is 5.75 Å². The molecule has 0 spiro atoms. The molecular formula is C18H23NO4. The highest BCUT2D eigenvalue weighted by molar-refractivity contribution is 5.81. The third-order valence-corrected chi connectivity index (χ3v) is 4.75. The summed E-state index contributed by atoms with van der Waals surface area (Å²) in [7, 11) is 1.59. The van der Waals surface area contributed by atoms with Gasteiger partial charge in [0.2, 0.25) is 0 Å². The van der Waals surface area contributed by atoms with Gasteiger partial charge in [-0.3, -0.25) is 4.90 Å². The van der Waals surface area contributed by atoms with Crippen molar-refractivity contribution in [2.75, 3.05) is 20.2 Å². The maximum Gasteiger partial charge on any atom is 0.336 e. The van der Waals surface area contributed by atoms with Crippen molar-refractivity contribution >= 4 is 11.0 Å². The molecule has 1 aromatic heterocycles. The lowest BCUT2D eigenvalue weighted by atomic mass is 9.92. The van der Waals surface area contributed by atoms with Crippen LogP contribution in [0.1, 0.15) is 25.3 Å². The number of benzene rings is 1. The Labute approximate surface area is 135 Å².